The Balaban J connectivity index is 1.73. The van der Waals surface area contributed by atoms with Crippen LogP contribution >= 0.6 is 0 Å². The van der Waals surface area contributed by atoms with E-state index in [0.29, 0.717) is 6.54 Å². The molecule has 0 fully saturated rings. The summed E-state index contributed by atoms with van der Waals surface area (Å²) in [6, 6.07) is 7.58. The molecule has 0 radical (unpaired) electrons. The molecule has 0 atom stereocenters. The third-order valence-corrected chi connectivity index (χ3v) is 3.52. The van der Waals surface area contributed by atoms with Crippen LogP contribution in [0.4, 0.5) is 10.2 Å². The molecule has 0 spiro atoms. The van der Waals surface area contributed by atoms with Crippen molar-refractivity contribution in [1.82, 2.24) is 19.6 Å². The SMILES string of the molecule is Cn1ncc(C(=O)O)c1C(=O)Nc1ccn(Cc2ccc(F)cc2)n1. The molecule has 0 aliphatic rings. The van der Waals surface area contributed by atoms with Crippen molar-refractivity contribution in [1.29, 1.82) is 0 Å². The van der Waals surface area contributed by atoms with Crippen molar-refractivity contribution >= 4 is 17.7 Å². The third-order valence-electron chi connectivity index (χ3n) is 3.52. The van der Waals surface area contributed by atoms with Gasteiger partial charge in [-0.25, -0.2) is 9.18 Å². The van der Waals surface area contributed by atoms with E-state index in [1.165, 1.54) is 23.9 Å². The van der Waals surface area contributed by atoms with E-state index in [9.17, 15) is 14.0 Å². The number of nitrogens with one attached hydrogen (secondary N) is 1. The van der Waals surface area contributed by atoms with Gasteiger partial charge in [-0.15, -0.1) is 0 Å². The van der Waals surface area contributed by atoms with Gasteiger partial charge < -0.3 is 10.4 Å². The standard InChI is InChI=1S/C16H14FN5O3/c1-21-14(12(8-18-21)16(24)25)15(23)19-13-6-7-22(20-13)9-10-2-4-11(17)5-3-10/h2-8H,9H2,1H3,(H,24,25)(H,19,20,23). The zero-order chi connectivity index (χ0) is 18.0. The molecular weight excluding hydrogens is 329 g/mol. The Morgan fingerprint density at radius 2 is 1.96 bits per heavy atom. The highest BCUT2D eigenvalue weighted by Gasteiger charge is 2.22. The number of aromatic nitrogens is 4. The lowest BCUT2D eigenvalue weighted by Gasteiger charge is -2.04. The number of rotatable bonds is 5. The van der Waals surface area contributed by atoms with Crippen LogP contribution in [0.5, 0.6) is 0 Å². The van der Waals surface area contributed by atoms with Crippen molar-refractivity contribution in [3.63, 3.8) is 0 Å². The second-order valence-electron chi connectivity index (χ2n) is 5.31. The first-order valence-electron chi connectivity index (χ1n) is 7.28. The van der Waals surface area contributed by atoms with Crippen molar-refractivity contribution < 1.29 is 19.1 Å². The summed E-state index contributed by atoms with van der Waals surface area (Å²) in [6.07, 6.45) is 2.77. The zero-order valence-corrected chi connectivity index (χ0v) is 13.2. The Labute approximate surface area is 141 Å². The van der Waals surface area contributed by atoms with E-state index in [2.05, 4.69) is 15.5 Å². The molecule has 0 bridgehead atoms. The van der Waals surface area contributed by atoms with Crippen LogP contribution in [-0.2, 0) is 13.6 Å². The fourth-order valence-corrected chi connectivity index (χ4v) is 2.33. The molecule has 1 aromatic carbocycles. The minimum atomic E-state index is -1.24. The number of halogens is 1. The molecule has 0 saturated carbocycles. The number of aryl methyl sites for hydroxylation is 1. The van der Waals surface area contributed by atoms with E-state index >= 15 is 0 Å². The number of hydrogen-bond donors (Lipinski definition) is 2. The predicted octanol–water partition coefficient (Wildman–Crippen LogP) is 1.75. The molecular formula is C16H14FN5O3. The van der Waals surface area contributed by atoms with Crippen molar-refractivity contribution in [3.8, 4) is 0 Å². The highest BCUT2D eigenvalue weighted by Crippen LogP contribution is 2.12. The van der Waals surface area contributed by atoms with Gasteiger partial charge in [0, 0.05) is 19.3 Å². The maximum Gasteiger partial charge on any atom is 0.339 e. The molecule has 8 nitrogen and oxygen atoms in total. The molecule has 0 unspecified atom stereocenters. The number of amides is 1. The highest BCUT2D eigenvalue weighted by atomic mass is 19.1. The number of carboxylic acids is 1. The zero-order valence-electron chi connectivity index (χ0n) is 13.2. The number of anilines is 1. The first kappa shape index (κ1) is 16.4. The van der Waals surface area contributed by atoms with Crippen LogP contribution in [0.15, 0.2) is 42.7 Å². The first-order valence-corrected chi connectivity index (χ1v) is 7.28. The summed E-state index contributed by atoms with van der Waals surface area (Å²) in [5.74, 6) is -1.91. The summed E-state index contributed by atoms with van der Waals surface area (Å²) < 4.78 is 15.7. The van der Waals surface area contributed by atoms with E-state index in [-0.39, 0.29) is 22.9 Å². The van der Waals surface area contributed by atoms with Crippen LogP contribution in [0.25, 0.3) is 0 Å². The smallest absolute Gasteiger partial charge is 0.339 e. The fraction of sp³-hybridized carbons (Fsp3) is 0.125. The summed E-state index contributed by atoms with van der Waals surface area (Å²) >= 11 is 0. The molecule has 25 heavy (non-hydrogen) atoms. The Morgan fingerprint density at radius 3 is 2.64 bits per heavy atom. The number of carboxylic acid groups (broad SMARTS) is 1. The third kappa shape index (κ3) is 3.55. The largest absolute Gasteiger partial charge is 0.478 e. The second kappa shape index (κ2) is 6.56. The molecule has 2 aromatic heterocycles. The Bertz CT molecular complexity index is 930. The molecule has 9 heteroatoms. The number of hydrogen-bond acceptors (Lipinski definition) is 4. The van der Waals surface area contributed by atoms with Crippen LogP contribution in [0.2, 0.25) is 0 Å². The normalized spacial score (nSPS) is 10.6. The number of benzene rings is 1. The van der Waals surface area contributed by atoms with Gasteiger partial charge in [-0.05, 0) is 17.7 Å². The predicted molar refractivity (Wildman–Crippen MR) is 85.8 cm³/mol. The fourth-order valence-electron chi connectivity index (χ4n) is 2.33. The van der Waals surface area contributed by atoms with Crippen LogP contribution in [0.1, 0.15) is 26.4 Å². The maximum atomic E-state index is 12.9. The Kier molecular flexibility index (Phi) is 4.29. The molecule has 1 amide bonds. The molecule has 2 heterocycles. The van der Waals surface area contributed by atoms with Gasteiger partial charge in [0.15, 0.2) is 5.82 Å². The minimum Gasteiger partial charge on any atom is -0.478 e. The number of carbonyl (C=O) groups excluding carboxylic acids is 1. The summed E-state index contributed by atoms with van der Waals surface area (Å²) in [5.41, 5.74) is 0.591. The lowest BCUT2D eigenvalue weighted by atomic mass is 10.2. The molecule has 128 valence electrons. The van der Waals surface area contributed by atoms with E-state index in [0.717, 1.165) is 11.8 Å². The van der Waals surface area contributed by atoms with Crippen molar-refractivity contribution in [3.05, 3.63) is 65.4 Å². The number of nitrogens with zero attached hydrogens (tertiary/aromatic N) is 4. The van der Waals surface area contributed by atoms with Crippen LogP contribution < -0.4 is 5.32 Å². The van der Waals surface area contributed by atoms with Crippen LogP contribution in [0.3, 0.4) is 0 Å². The van der Waals surface area contributed by atoms with Gasteiger partial charge in [0.1, 0.15) is 17.1 Å². The highest BCUT2D eigenvalue weighted by molar-refractivity contribution is 6.09. The summed E-state index contributed by atoms with van der Waals surface area (Å²) in [4.78, 5) is 23.4. The van der Waals surface area contributed by atoms with Crippen molar-refractivity contribution in [2.45, 2.75) is 6.54 Å². The molecule has 2 N–H and O–H groups in total. The van der Waals surface area contributed by atoms with E-state index in [4.69, 9.17) is 5.11 Å². The molecule has 0 aliphatic heterocycles. The van der Waals surface area contributed by atoms with Gasteiger partial charge in [0.25, 0.3) is 5.91 Å². The van der Waals surface area contributed by atoms with Gasteiger partial charge in [-0.2, -0.15) is 10.2 Å². The molecule has 0 saturated heterocycles. The quantitative estimate of drug-likeness (QED) is 0.735. The van der Waals surface area contributed by atoms with E-state index in [1.807, 2.05) is 0 Å². The average molecular weight is 343 g/mol. The van der Waals surface area contributed by atoms with E-state index in [1.54, 1.807) is 29.1 Å². The first-order chi connectivity index (χ1) is 11.9. The summed E-state index contributed by atoms with van der Waals surface area (Å²) in [5, 5.41) is 19.6. The molecule has 3 aromatic rings. The van der Waals surface area contributed by atoms with Crippen molar-refractivity contribution in [2.24, 2.45) is 7.05 Å². The molecule has 3 rings (SSSR count). The van der Waals surface area contributed by atoms with Crippen molar-refractivity contribution in [2.75, 3.05) is 5.32 Å². The Hall–Kier alpha value is -3.49. The van der Waals surface area contributed by atoms with Crippen LogP contribution in [-0.4, -0.2) is 36.5 Å². The monoisotopic (exact) mass is 343 g/mol. The lowest BCUT2D eigenvalue weighted by molar-refractivity contribution is 0.0692. The maximum absolute atomic E-state index is 12.9. The average Bonchev–Trinajstić information content (AvgIpc) is 3.16. The Morgan fingerprint density at radius 1 is 1.24 bits per heavy atom. The van der Waals surface area contributed by atoms with Gasteiger partial charge in [-0.3, -0.25) is 14.2 Å². The molecule has 0 aliphatic carbocycles. The lowest BCUT2D eigenvalue weighted by Crippen LogP contribution is -2.19. The number of aromatic carboxylic acids is 1. The second-order valence-corrected chi connectivity index (χ2v) is 5.31. The minimum absolute atomic E-state index is 0.0689. The topological polar surface area (TPSA) is 102 Å². The van der Waals surface area contributed by atoms with Gasteiger partial charge in [0.2, 0.25) is 0 Å². The number of carbonyl (C=O) groups is 2. The van der Waals surface area contributed by atoms with E-state index < -0.39 is 11.9 Å². The van der Waals surface area contributed by atoms with Gasteiger partial charge in [-0.1, -0.05) is 12.1 Å². The van der Waals surface area contributed by atoms with Gasteiger partial charge in [0.05, 0.1) is 12.7 Å². The van der Waals surface area contributed by atoms with Crippen LogP contribution in [0, 0.1) is 5.82 Å². The summed E-state index contributed by atoms with van der Waals surface area (Å²) in [7, 11) is 1.48. The summed E-state index contributed by atoms with van der Waals surface area (Å²) in [6.45, 7) is 0.405. The van der Waals surface area contributed by atoms with Gasteiger partial charge >= 0.3 is 5.97 Å².